The number of rotatable bonds is 25. The summed E-state index contributed by atoms with van der Waals surface area (Å²) in [6.07, 6.45) is 2.78. The van der Waals surface area contributed by atoms with Gasteiger partial charge in [-0.05, 0) is 115 Å². The Balaban J connectivity index is 1.31. The van der Waals surface area contributed by atoms with Crippen LogP contribution >= 0.6 is 27.5 Å². The minimum Gasteiger partial charge on any atom is -0.508 e. The molecule has 0 aromatic heterocycles. The van der Waals surface area contributed by atoms with Crippen molar-refractivity contribution in [2.45, 2.75) is 193 Å². The minimum atomic E-state index is -1.66. The summed E-state index contributed by atoms with van der Waals surface area (Å²) in [4.78, 5) is 124. The van der Waals surface area contributed by atoms with Gasteiger partial charge in [-0.3, -0.25) is 28.8 Å². The number of fused-ring (bicyclic) bond motifs is 5. The van der Waals surface area contributed by atoms with E-state index in [2.05, 4.69) is 33.1 Å². The van der Waals surface area contributed by atoms with Crippen LogP contribution in [0.15, 0.2) is 66.3 Å². The number of aromatic hydroxyl groups is 1. The third-order valence-corrected chi connectivity index (χ3v) is 18.1. The molecule has 6 N–H and O–H groups in total. The van der Waals surface area contributed by atoms with E-state index in [1.54, 1.807) is 60.7 Å². The van der Waals surface area contributed by atoms with Gasteiger partial charge in [-0.1, -0.05) is 90.8 Å². The third kappa shape index (κ3) is 19.3. The van der Waals surface area contributed by atoms with Crippen molar-refractivity contribution < 1.29 is 77.0 Å². The van der Waals surface area contributed by atoms with Crippen LogP contribution in [0.25, 0.3) is 0 Å². The molecule has 2 aromatic carbocycles. The van der Waals surface area contributed by atoms with E-state index < -0.39 is 131 Å². The Morgan fingerprint density at radius 1 is 1.06 bits per heavy atom. The van der Waals surface area contributed by atoms with Crippen LogP contribution < -0.4 is 21.3 Å². The van der Waals surface area contributed by atoms with E-state index in [-0.39, 0.29) is 78.8 Å². The number of unbranched alkanes of at least 4 members (excludes halogenated alkanes) is 1. The second-order valence-electron chi connectivity index (χ2n) is 24.9. The van der Waals surface area contributed by atoms with Crippen molar-refractivity contribution in [2.75, 3.05) is 38.0 Å². The van der Waals surface area contributed by atoms with Gasteiger partial charge in [0.2, 0.25) is 11.8 Å². The molecule has 23 heteroatoms. The number of ketones is 2. The topological polar surface area (TPSA) is 300 Å². The molecule has 10 atom stereocenters. The number of aliphatic hydroxyl groups is 1. The number of halogens is 2. The molecule has 0 aliphatic carbocycles. The minimum absolute atomic E-state index is 0.0188. The molecule has 3 aliphatic rings. The highest BCUT2D eigenvalue weighted by Gasteiger charge is 2.64. The zero-order chi connectivity index (χ0) is 65.7. The van der Waals surface area contributed by atoms with Crippen molar-refractivity contribution in [3.63, 3.8) is 0 Å². The Labute approximate surface area is 529 Å². The number of phenolic OH excluding ortho intramolecular Hbond substituents is 1. The van der Waals surface area contributed by atoms with Crippen LogP contribution in [0.4, 0.5) is 10.5 Å². The first-order valence-electron chi connectivity index (χ1n) is 29.8. The lowest BCUT2D eigenvalue weighted by Gasteiger charge is -2.41. The molecule has 0 unspecified atom stereocenters. The number of primary amides is 1. The van der Waals surface area contributed by atoms with Crippen LogP contribution in [0, 0.1) is 24.7 Å². The summed E-state index contributed by atoms with van der Waals surface area (Å²) in [6.45, 7) is 19.6. The molecule has 2 fully saturated rings. The number of allylic oxidation sites excluding steroid dienone is 3. The Morgan fingerprint density at radius 3 is 2.39 bits per heavy atom. The number of carbonyl (C=O) groups excluding carboxylic acids is 9. The number of benzene rings is 2. The molecule has 0 saturated carbocycles. The third-order valence-electron chi connectivity index (χ3n) is 17.0. The standard InChI is InChI=1S/C65H89BrClN5O16/c1-36(2)46(31-45(73)19-14-15-24-63(8,9)88-60(80)39(5)35-66)58(78)70-47(20-17-25-69-62(68)82)50(75)29-43-22-23-44(30-49(43)74)59(79)71(11)41(7)61(81)86-53-32-54(76)72(12)48-28-42(27-38(4)56(48)67)26-37(3)18-16-21-52(84-13)65(83)33-51(85-55(77)34-65)40(6)57-64(53,10)87-57/h16,18,21-23,27-28,30,36,40-41,46-47,51-53,57,74,83H,5,14-15,17,19-20,24-26,29,31-35H2,1-4,6-13H3,(H,70,78)(H3,68,69,82)/b21-16+,37-18+/t40-,41+,46+,47+,51+,52-,53+,57+,64+,65-/m1/s1. The van der Waals surface area contributed by atoms with Gasteiger partial charge in [0, 0.05) is 87.3 Å². The maximum Gasteiger partial charge on any atom is 0.334 e. The summed E-state index contributed by atoms with van der Waals surface area (Å²) in [6, 6.07) is 4.44. The van der Waals surface area contributed by atoms with Crippen molar-refractivity contribution in [3.05, 3.63) is 93.6 Å². The average Bonchev–Trinajstić information content (AvgIpc) is 2.34. The van der Waals surface area contributed by atoms with Gasteiger partial charge < -0.3 is 60.1 Å². The normalized spacial score (nSPS) is 24.2. The van der Waals surface area contributed by atoms with E-state index in [4.69, 9.17) is 41.0 Å². The van der Waals surface area contributed by atoms with Crippen LogP contribution in [0.2, 0.25) is 5.02 Å². The van der Waals surface area contributed by atoms with E-state index in [0.29, 0.717) is 36.4 Å². The molecular weight excluding hydrogens is 1220 g/mol. The number of ether oxygens (including phenoxy) is 5. The Morgan fingerprint density at radius 2 is 1.75 bits per heavy atom. The highest BCUT2D eigenvalue weighted by Crippen LogP contribution is 2.50. The molecule has 4 bridgehead atoms. The van der Waals surface area contributed by atoms with E-state index >= 15 is 0 Å². The summed E-state index contributed by atoms with van der Waals surface area (Å²) in [5, 5.41) is 29.3. The second-order valence-corrected chi connectivity index (χ2v) is 25.9. The van der Waals surface area contributed by atoms with Crippen molar-refractivity contribution >= 4 is 86.4 Å². The predicted molar refractivity (Wildman–Crippen MR) is 335 cm³/mol. The maximum atomic E-state index is 14.5. The molecule has 2 saturated heterocycles. The number of phenols is 1. The van der Waals surface area contributed by atoms with Gasteiger partial charge in [0.05, 0.1) is 35.7 Å². The first-order chi connectivity index (χ1) is 41.1. The summed E-state index contributed by atoms with van der Waals surface area (Å²) in [5.74, 6) is -6.60. The van der Waals surface area contributed by atoms with Crippen molar-refractivity contribution in [2.24, 2.45) is 23.5 Å². The Hall–Kier alpha value is -6.46. The smallest absolute Gasteiger partial charge is 0.334 e. The number of anilines is 1. The number of methoxy groups -OCH3 is 1. The number of nitrogens with zero attached hydrogens (tertiary/aromatic N) is 2. The zero-order valence-corrected chi connectivity index (χ0v) is 55.1. The first-order valence-corrected chi connectivity index (χ1v) is 31.3. The molecular formula is C65H89BrClN5O16. The number of urea groups is 1. The molecule has 5 amide bonds. The Kier molecular flexibility index (Phi) is 25.7. The highest BCUT2D eigenvalue weighted by atomic mass is 79.9. The number of nitrogens with two attached hydrogens (primary N) is 1. The quantitative estimate of drug-likeness (QED) is 0.0156. The van der Waals surface area contributed by atoms with Crippen LogP contribution in [-0.2, 0) is 70.1 Å². The molecule has 0 spiro atoms. The van der Waals surface area contributed by atoms with E-state index in [1.807, 2.05) is 32.1 Å². The lowest BCUT2D eigenvalue weighted by Crippen LogP contribution is -2.53. The monoisotopic (exact) mass is 1310 g/mol. The predicted octanol–water partition coefficient (Wildman–Crippen LogP) is 8.19. The van der Waals surface area contributed by atoms with Gasteiger partial charge in [0.15, 0.2) is 5.78 Å². The maximum absolute atomic E-state index is 14.5. The fourth-order valence-electron chi connectivity index (χ4n) is 11.2. The average molecular weight is 1310 g/mol. The number of carbonyl (C=O) groups is 9. The van der Waals surface area contributed by atoms with Crippen LogP contribution in [-0.4, -0.2) is 155 Å². The van der Waals surface area contributed by atoms with Gasteiger partial charge in [0.1, 0.15) is 52.7 Å². The molecule has 484 valence electrons. The Bertz CT molecular complexity index is 3020. The van der Waals surface area contributed by atoms with Crippen molar-refractivity contribution in [1.82, 2.24) is 15.5 Å². The number of esters is 3. The molecule has 5 rings (SSSR count). The number of nitrogens with one attached hydrogen (secondary N) is 2. The number of hydrogen-bond donors (Lipinski definition) is 5. The van der Waals surface area contributed by atoms with Gasteiger partial charge in [0.25, 0.3) is 5.91 Å². The SMILES string of the molecule is C=C(CBr)C(=O)OC(C)(C)CCCCC(=O)C[C@H](C(=O)N[C@@H](CCCNC(N)=O)C(=O)Cc1ccc(C(=O)N(C)[C@@H](C)C(=O)O[C@H]2CC(=O)N(C)c3cc(cc(C)c3Cl)C/C(C)=C/C=C/[C@@H](OC)[C@]3(O)CC(=O)O[C@@H](C3)[C@@H](C)[C@@H]3O[C@@]23C)cc1O)C(C)C. The number of Topliss-reactive ketones (excluding diaryl/α,β-unsaturated/α-hetero) is 2. The van der Waals surface area contributed by atoms with Gasteiger partial charge in [-0.25, -0.2) is 14.4 Å². The van der Waals surface area contributed by atoms with Crippen molar-refractivity contribution in [1.29, 1.82) is 0 Å². The largest absolute Gasteiger partial charge is 0.508 e. The van der Waals surface area contributed by atoms with E-state index in [1.165, 1.54) is 38.1 Å². The number of aryl methyl sites for hydroxylation is 1. The highest BCUT2D eigenvalue weighted by molar-refractivity contribution is 9.09. The first kappa shape index (κ1) is 72.3. The van der Waals surface area contributed by atoms with Crippen molar-refractivity contribution in [3.8, 4) is 5.75 Å². The molecule has 3 aliphatic heterocycles. The fraction of sp³-hybridized carbons (Fsp3) is 0.585. The van der Waals surface area contributed by atoms with Gasteiger partial charge in [-0.2, -0.15) is 0 Å². The number of epoxide rings is 1. The van der Waals surface area contributed by atoms with Crippen LogP contribution in [0.5, 0.6) is 5.75 Å². The molecule has 21 nitrogen and oxygen atoms in total. The fourth-order valence-corrected chi connectivity index (χ4v) is 11.7. The second kappa shape index (κ2) is 31.3. The zero-order valence-electron chi connectivity index (χ0n) is 52.8. The lowest BCUT2D eigenvalue weighted by atomic mass is 9.78. The van der Waals surface area contributed by atoms with Crippen LogP contribution in [0.1, 0.15) is 147 Å². The summed E-state index contributed by atoms with van der Waals surface area (Å²) < 4.78 is 29.7. The molecule has 88 heavy (non-hydrogen) atoms. The van der Waals surface area contributed by atoms with Gasteiger partial charge >= 0.3 is 23.9 Å². The number of hydrogen-bond acceptors (Lipinski definition) is 16. The summed E-state index contributed by atoms with van der Waals surface area (Å²) >= 11 is 10.1. The number of amides is 5. The molecule has 3 heterocycles. The number of alkyl halides is 1. The molecule has 0 radical (unpaired) electrons. The van der Waals surface area contributed by atoms with Crippen LogP contribution in [0.3, 0.4) is 0 Å². The summed E-state index contributed by atoms with van der Waals surface area (Å²) in [5.41, 5.74) is 4.74. The molecule has 2 aromatic rings. The lowest BCUT2D eigenvalue weighted by molar-refractivity contribution is -0.187. The van der Waals surface area contributed by atoms with Gasteiger partial charge in [-0.15, -0.1) is 0 Å². The number of likely N-dealkylation sites (N-methyl/N-ethyl adjacent to an activating group) is 1. The summed E-state index contributed by atoms with van der Waals surface area (Å²) in [7, 11) is 4.36. The van der Waals surface area contributed by atoms with E-state index in [9.17, 15) is 53.4 Å². The van der Waals surface area contributed by atoms with E-state index in [0.717, 1.165) is 27.7 Å².